The third-order valence-corrected chi connectivity index (χ3v) is 7.22. The van der Waals surface area contributed by atoms with Gasteiger partial charge in [-0.1, -0.05) is 42.8 Å². The lowest BCUT2D eigenvalue weighted by Gasteiger charge is -2.26. The Kier molecular flexibility index (Phi) is 7.10. The molecule has 0 unspecified atom stereocenters. The summed E-state index contributed by atoms with van der Waals surface area (Å²) in [6.45, 7) is 5.70. The summed E-state index contributed by atoms with van der Waals surface area (Å²) in [4.78, 5) is 2.47. The van der Waals surface area contributed by atoms with Crippen LogP contribution in [0.2, 0.25) is 0 Å². The van der Waals surface area contributed by atoms with Crippen molar-refractivity contribution in [2.45, 2.75) is 32.6 Å². The maximum Gasteiger partial charge on any atom is 0.165 e. The van der Waals surface area contributed by atoms with E-state index in [1.165, 1.54) is 38.4 Å². The van der Waals surface area contributed by atoms with Crippen LogP contribution in [0, 0.1) is 12.7 Å². The quantitative estimate of drug-likeness (QED) is 0.302. The van der Waals surface area contributed by atoms with E-state index in [0.717, 1.165) is 45.3 Å². The maximum absolute atomic E-state index is 14.0. The second-order valence-corrected chi connectivity index (χ2v) is 9.64. The van der Waals surface area contributed by atoms with Crippen molar-refractivity contribution < 1.29 is 19.3 Å². The topological polar surface area (TPSA) is 52.9 Å². The number of hydrogen-bond acceptors (Lipinski definition) is 4. The van der Waals surface area contributed by atoms with E-state index in [1.807, 2.05) is 30.3 Å². The zero-order chi connectivity index (χ0) is 25.1. The number of benzene rings is 4. The van der Waals surface area contributed by atoms with E-state index >= 15 is 0 Å². The van der Waals surface area contributed by atoms with Gasteiger partial charge in [-0.3, -0.25) is 4.90 Å². The highest BCUT2D eigenvalue weighted by molar-refractivity contribution is 5.93. The summed E-state index contributed by atoms with van der Waals surface area (Å²) in [5, 5.41) is 22.2. The number of piperidine rings is 1. The van der Waals surface area contributed by atoms with E-state index in [0.29, 0.717) is 18.6 Å². The summed E-state index contributed by atoms with van der Waals surface area (Å²) < 4.78 is 20.0. The molecule has 4 nitrogen and oxygen atoms in total. The van der Waals surface area contributed by atoms with E-state index in [9.17, 15) is 14.6 Å². The second kappa shape index (κ2) is 10.6. The average Bonchev–Trinajstić information content (AvgIpc) is 2.89. The van der Waals surface area contributed by atoms with Crippen LogP contribution in [0.15, 0.2) is 66.7 Å². The predicted molar refractivity (Wildman–Crippen MR) is 142 cm³/mol. The van der Waals surface area contributed by atoms with Gasteiger partial charge in [-0.15, -0.1) is 0 Å². The molecule has 0 aliphatic carbocycles. The molecule has 1 fully saturated rings. The fourth-order valence-corrected chi connectivity index (χ4v) is 5.17. The van der Waals surface area contributed by atoms with Gasteiger partial charge in [0.15, 0.2) is 11.6 Å². The molecule has 0 aromatic heterocycles. The Morgan fingerprint density at radius 1 is 0.861 bits per heavy atom. The Balaban J connectivity index is 1.41. The Bertz CT molecular complexity index is 1360. The number of fused-ring (bicyclic) bond motifs is 1. The van der Waals surface area contributed by atoms with Gasteiger partial charge in [0.05, 0.1) is 0 Å². The SMILES string of the molecule is Cc1c(-c2ccc3cc(O)ccc3c2Cc2ccc(OCCN3CCCCC3)cc2)ccc(F)c1O. The number of phenolic OH excluding ortho intramolecular Hbond substituents is 2. The minimum absolute atomic E-state index is 0.211. The number of ether oxygens (including phenoxy) is 1. The summed E-state index contributed by atoms with van der Waals surface area (Å²) in [6, 6.07) is 20.5. The average molecular weight is 486 g/mol. The number of phenols is 2. The molecule has 0 atom stereocenters. The van der Waals surface area contributed by atoms with Crippen molar-refractivity contribution in [2.24, 2.45) is 0 Å². The Morgan fingerprint density at radius 3 is 2.39 bits per heavy atom. The monoisotopic (exact) mass is 485 g/mol. The minimum atomic E-state index is -0.626. The van der Waals surface area contributed by atoms with E-state index in [-0.39, 0.29) is 11.5 Å². The normalized spacial score (nSPS) is 14.3. The van der Waals surface area contributed by atoms with E-state index in [4.69, 9.17) is 4.74 Å². The fourth-order valence-electron chi connectivity index (χ4n) is 5.17. The summed E-state index contributed by atoms with van der Waals surface area (Å²) in [5.74, 6) is 0.121. The van der Waals surface area contributed by atoms with Crippen molar-refractivity contribution in [2.75, 3.05) is 26.2 Å². The Labute approximate surface area is 211 Å². The largest absolute Gasteiger partial charge is 0.508 e. The molecule has 4 aromatic rings. The van der Waals surface area contributed by atoms with Gasteiger partial charge in [-0.05, 0) is 103 Å². The summed E-state index contributed by atoms with van der Waals surface area (Å²) in [7, 11) is 0. The zero-order valence-corrected chi connectivity index (χ0v) is 20.6. The summed E-state index contributed by atoms with van der Waals surface area (Å²) >= 11 is 0. The first kappa shape index (κ1) is 24.1. The highest BCUT2D eigenvalue weighted by Gasteiger charge is 2.16. The summed E-state index contributed by atoms with van der Waals surface area (Å²) in [6.07, 6.45) is 4.53. The summed E-state index contributed by atoms with van der Waals surface area (Å²) in [5.41, 5.74) is 4.40. The molecule has 5 heteroatoms. The van der Waals surface area contributed by atoms with Crippen LogP contribution in [0.4, 0.5) is 4.39 Å². The van der Waals surface area contributed by atoms with Crippen molar-refractivity contribution in [3.05, 3.63) is 89.2 Å². The molecular formula is C31H32FNO3. The molecule has 0 saturated carbocycles. The number of rotatable bonds is 7. The molecule has 0 radical (unpaired) electrons. The third-order valence-electron chi connectivity index (χ3n) is 7.22. The number of nitrogens with zero attached hydrogens (tertiary/aromatic N) is 1. The van der Waals surface area contributed by atoms with Crippen LogP contribution in [0.1, 0.15) is 36.0 Å². The highest BCUT2D eigenvalue weighted by Crippen LogP contribution is 2.38. The van der Waals surface area contributed by atoms with Gasteiger partial charge >= 0.3 is 0 Å². The van der Waals surface area contributed by atoms with Gasteiger partial charge in [-0.25, -0.2) is 4.39 Å². The van der Waals surface area contributed by atoms with E-state index in [2.05, 4.69) is 17.0 Å². The fraction of sp³-hybridized carbons (Fsp3) is 0.290. The number of aromatic hydroxyl groups is 2. The van der Waals surface area contributed by atoms with Crippen molar-refractivity contribution >= 4 is 10.8 Å². The van der Waals surface area contributed by atoms with Gasteiger partial charge < -0.3 is 14.9 Å². The first-order valence-electron chi connectivity index (χ1n) is 12.7. The van der Waals surface area contributed by atoms with Gasteiger partial charge in [0.2, 0.25) is 0 Å². The smallest absolute Gasteiger partial charge is 0.165 e. The van der Waals surface area contributed by atoms with Crippen molar-refractivity contribution in [3.63, 3.8) is 0 Å². The number of likely N-dealkylation sites (tertiary alicyclic amines) is 1. The minimum Gasteiger partial charge on any atom is -0.508 e. The molecule has 5 rings (SSSR count). The molecular weight excluding hydrogens is 453 g/mol. The number of halogens is 1. The van der Waals surface area contributed by atoms with Gasteiger partial charge in [0.25, 0.3) is 0 Å². The van der Waals surface area contributed by atoms with Crippen LogP contribution >= 0.6 is 0 Å². The van der Waals surface area contributed by atoms with Crippen molar-refractivity contribution in [1.82, 2.24) is 4.90 Å². The van der Waals surface area contributed by atoms with Crippen LogP contribution in [0.5, 0.6) is 17.2 Å². The molecule has 186 valence electrons. The lowest BCUT2D eigenvalue weighted by molar-refractivity contribution is 0.183. The zero-order valence-electron chi connectivity index (χ0n) is 20.6. The first-order chi connectivity index (χ1) is 17.5. The van der Waals surface area contributed by atoms with Gasteiger partial charge in [0.1, 0.15) is 18.1 Å². The van der Waals surface area contributed by atoms with Crippen LogP contribution < -0.4 is 4.74 Å². The van der Waals surface area contributed by atoms with Crippen LogP contribution in [0.3, 0.4) is 0 Å². The van der Waals surface area contributed by atoms with Gasteiger partial charge in [-0.2, -0.15) is 0 Å². The lowest BCUT2D eigenvalue weighted by atomic mass is 9.88. The Hall–Kier alpha value is -3.57. The third kappa shape index (κ3) is 5.17. The van der Waals surface area contributed by atoms with Crippen molar-refractivity contribution in [1.29, 1.82) is 0 Å². The van der Waals surface area contributed by atoms with Crippen LogP contribution in [-0.4, -0.2) is 41.4 Å². The first-order valence-corrected chi connectivity index (χ1v) is 12.7. The molecule has 1 saturated heterocycles. The molecule has 4 aromatic carbocycles. The molecule has 1 aliphatic heterocycles. The Morgan fingerprint density at radius 2 is 1.61 bits per heavy atom. The molecule has 0 bridgehead atoms. The molecule has 1 aliphatic rings. The molecule has 2 N–H and O–H groups in total. The van der Waals surface area contributed by atoms with Gasteiger partial charge in [0, 0.05) is 12.1 Å². The maximum atomic E-state index is 14.0. The molecule has 1 heterocycles. The highest BCUT2D eigenvalue weighted by atomic mass is 19.1. The second-order valence-electron chi connectivity index (χ2n) is 9.64. The van der Waals surface area contributed by atoms with E-state index < -0.39 is 5.82 Å². The van der Waals surface area contributed by atoms with Crippen LogP contribution in [0.25, 0.3) is 21.9 Å². The standard InChI is InChI=1S/C31H32FNO3/c1-21-26(13-14-30(32)31(21)35)28-11-7-23-20-24(34)8-12-27(23)29(28)19-22-5-9-25(10-6-22)36-18-17-33-15-3-2-4-16-33/h5-14,20,34-35H,2-4,15-19H2,1H3. The lowest BCUT2D eigenvalue weighted by Crippen LogP contribution is -2.33. The number of hydrogen-bond donors (Lipinski definition) is 2. The molecule has 0 spiro atoms. The van der Waals surface area contributed by atoms with Crippen molar-refractivity contribution in [3.8, 4) is 28.4 Å². The molecule has 36 heavy (non-hydrogen) atoms. The van der Waals surface area contributed by atoms with E-state index in [1.54, 1.807) is 25.1 Å². The molecule has 0 amide bonds. The van der Waals surface area contributed by atoms with Crippen LogP contribution in [-0.2, 0) is 6.42 Å². The predicted octanol–water partition coefficient (Wildman–Crippen LogP) is 6.82.